The largest absolute Gasteiger partial charge is 0.475 e. The lowest BCUT2D eigenvalue weighted by atomic mass is 10.3. The van der Waals surface area contributed by atoms with Gasteiger partial charge in [-0.25, -0.2) is 4.79 Å². The van der Waals surface area contributed by atoms with E-state index in [0.717, 1.165) is 0 Å². The van der Waals surface area contributed by atoms with E-state index in [1.54, 1.807) is 20.0 Å². The Morgan fingerprint density at radius 2 is 2.05 bits per heavy atom. The van der Waals surface area contributed by atoms with Crippen molar-refractivity contribution >= 4 is 11.9 Å². The Bertz CT molecular complexity index is 613. The summed E-state index contributed by atoms with van der Waals surface area (Å²) in [4.78, 5) is 24.0. The van der Waals surface area contributed by atoms with Crippen molar-refractivity contribution in [2.75, 3.05) is 7.05 Å². The predicted molar refractivity (Wildman–Crippen MR) is 62.7 cm³/mol. The van der Waals surface area contributed by atoms with E-state index in [4.69, 9.17) is 14.0 Å². The molecule has 0 spiro atoms. The predicted octanol–water partition coefficient (Wildman–Crippen LogP) is 1.55. The monoisotopic (exact) mass is 264 g/mol. The van der Waals surface area contributed by atoms with Crippen molar-refractivity contribution in [1.82, 2.24) is 10.1 Å². The van der Waals surface area contributed by atoms with Gasteiger partial charge >= 0.3 is 5.97 Å². The summed E-state index contributed by atoms with van der Waals surface area (Å²) in [5.41, 5.74) is 0.610. The molecular formula is C12H12N2O5. The summed E-state index contributed by atoms with van der Waals surface area (Å²) in [5, 5.41) is 12.5. The van der Waals surface area contributed by atoms with Gasteiger partial charge in [0, 0.05) is 13.1 Å². The van der Waals surface area contributed by atoms with Crippen LogP contribution < -0.4 is 0 Å². The second-order valence-electron chi connectivity index (χ2n) is 4.06. The van der Waals surface area contributed by atoms with E-state index in [1.807, 2.05) is 0 Å². The molecule has 0 atom stereocenters. The highest BCUT2D eigenvalue weighted by Crippen LogP contribution is 2.12. The second kappa shape index (κ2) is 4.97. The maximum atomic E-state index is 12.0. The molecule has 2 rings (SSSR count). The van der Waals surface area contributed by atoms with E-state index in [1.165, 1.54) is 17.0 Å². The third-order valence-corrected chi connectivity index (χ3v) is 2.45. The first-order chi connectivity index (χ1) is 8.97. The molecule has 0 aromatic carbocycles. The molecule has 7 heteroatoms. The van der Waals surface area contributed by atoms with Gasteiger partial charge in [-0.15, -0.1) is 0 Å². The van der Waals surface area contributed by atoms with Crippen molar-refractivity contribution in [1.29, 1.82) is 0 Å². The summed E-state index contributed by atoms with van der Waals surface area (Å²) in [6, 6.07) is 4.29. The number of hydrogen-bond donors (Lipinski definition) is 1. The van der Waals surface area contributed by atoms with Gasteiger partial charge in [-0.3, -0.25) is 4.79 Å². The number of aromatic nitrogens is 1. The molecule has 0 saturated carbocycles. The smallest absolute Gasteiger partial charge is 0.371 e. The van der Waals surface area contributed by atoms with E-state index >= 15 is 0 Å². The summed E-state index contributed by atoms with van der Waals surface area (Å²) in [6.45, 7) is 2.00. The van der Waals surface area contributed by atoms with E-state index < -0.39 is 11.9 Å². The van der Waals surface area contributed by atoms with Crippen LogP contribution >= 0.6 is 0 Å². The molecule has 0 aliphatic heterocycles. The van der Waals surface area contributed by atoms with Crippen LogP contribution in [0.4, 0.5) is 0 Å². The summed E-state index contributed by atoms with van der Waals surface area (Å²) >= 11 is 0. The lowest BCUT2D eigenvalue weighted by Crippen LogP contribution is -2.25. The van der Waals surface area contributed by atoms with Gasteiger partial charge in [0.15, 0.2) is 5.76 Å². The Morgan fingerprint density at radius 3 is 2.58 bits per heavy atom. The lowest BCUT2D eigenvalue weighted by molar-refractivity contribution is 0.0652. The minimum absolute atomic E-state index is 0.0277. The highest BCUT2D eigenvalue weighted by atomic mass is 16.5. The quantitative estimate of drug-likeness (QED) is 0.899. The first-order valence-corrected chi connectivity index (χ1v) is 5.48. The number of nitrogens with zero attached hydrogens (tertiary/aromatic N) is 2. The molecule has 19 heavy (non-hydrogen) atoms. The average Bonchev–Trinajstić information content (AvgIpc) is 2.97. The summed E-state index contributed by atoms with van der Waals surface area (Å²) in [5.74, 6) is -1.28. The average molecular weight is 264 g/mol. The van der Waals surface area contributed by atoms with Crippen LogP contribution in [-0.2, 0) is 6.54 Å². The summed E-state index contributed by atoms with van der Waals surface area (Å²) in [6.07, 6.45) is 0. The minimum atomic E-state index is -1.21. The molecule has 2 aromatic heterocycles. The molecule has 1 amide bonds. The fourth-order valence-electron chi connectivity index (χ4n) is 1.56. The number of hydrogen-bond acceptors (Lipinski definition) is 5. The van der Waals surface area contributed by atoms with Crippen molar-refractivity contribution in [2.45, 2.75) is 13.5 Å². The van der Waals surface area contributed by atoms with Gasteiger partial charge < -0.3 is 18.9 Å². The van der Waals surface area contributed by atoms with E-state index in [9.17, 15) is 9.59 Å². The van der Waals surface area contributed by atoms with Crippen molar-refractivity contribution in [2.24, 2.45) is 0 Å². The van der Waals surface area contributed by atoms with Gasteiger partial charge in [-0.1, -0.05) is 5.16 Å². The Kier molecular flexibility index (Phi) is 3.37. The van der Waals surface area contributed by atoms with E-state index in [-0.39, 0.29) is 18.1 Å². The van der Waals surface area contributed by atoms with Gasteiger partial charge in [-0.05, 0) is 19.1 Å². The zero-order chi connectivity index (χ0) is 14.0. The number of carbonyl (C=O) groups excluding carboxylic acids is 1. The van der Waals surface area contributed by atoms with Crippen LogP contribution in [0.25, 0.3) is 0 Å². The standard InChI is InChI=1S/C12H12N2O5/c1-7-5-8(13-19-7)6-14(2)11(15)9-3-4-10(18-9)12(16)17/h3-5H,6H2,1-2H3,(H,16,17). The molecule has 0 fully saturated rings. The van der Waals surface area contributed by atoms with E-state index in [0.29, 0.717) is 11.5 Å². The molecule has 0 saturated heterocycles. The zero-order valence-corrected chi connectivity index (χ0v) is 10.4. The van der Waals surface area contributed by atoms with Gasteiger partial charge in [0.2, 0.25) is 5.76 Å². The number of aryl methyl sites for hydroxylation is 1. The van der Waals surface area contributed by atoms with Gasteiger partial charge in [0.25, 0.3) is 5.91 Å². The number of aromatic carboxylic acids is 1. The SMILES string of the molecule is Cc1cc(CN(C)C(=O)c2ccc(C(=O)O)o2)no1. The normalized spacial score (nSPS) is 10.4. The Balaban J connectivity index is 2.07. The van der Waals surface area contributed by atoms with Crippen molar-refractivity contribution in [3.8, 4) is 0 Å². The third kappa shape index (κ3) is 2.82. The van der Waals surface area contributed by atoms with Crippen molar-refractivity contribution < 1.29 is 23.6 Å². The first-order valence-electron chi connectivity index (χ1n) is 5.48. The van der Waals surface area contributed by atoms with Crippen molar-refractivity contribution in [3.63, 3.8) is 0 Å². The Hall–Kier alpha value is -2.57. The van der Waals surface area contributed by atoms with Crippen LogP contribution in [0.1, 0.15) is 32.6 Å². The number of carboxylic acid groups (broad SMARTS) is 1. The number of amides is 1. The van der Waals surface area contributed by atoms with E-state index in [2.05, 4.69) is 5.16 Å². The molecule has 100 valence electrons. The summed E-state index contributed by atoms with van der Waals surface area (Å²) in [7, 11) is 1.56. The van der Waals surface area contributed by atoms with Crippen LogP contribution in [0.2, 0.25) is 0 Å². The maximum Gasteiger partial charge on any atom is 0.371 e. The first kappa shape index (κ1) is 12.9. The molecule has 0 aliphatic carbocycles. The molecule has 2 aromatic rings. The van der Waals surface area contributed by atoms with Crippen LogP contribution in [0.5, 0.6) is 0 Å². The Labute approximate surface area is 108 Å². The topological polar surface area (TPSA) is 96.8 Å². The second-order valence-corrected chi connectivity index (χ2v) is 4.06. The molecular weight excluding hydrogens is 252 g/mol. The molecule has 7 nitrogen and oxygen atoms in total. The fraction of sp³-hybridized carbons (Fsp3) is 0.250. The molecule has 0 unspecified atom stereocenters. The van der Waals surface area contributed by atoms with Crippen LogP contribution in [0.15, 0.2) is 27.1 Å². The minimum Gasteiger partial charge on any atom is -0.475 e. The van der Waals surface area contributed by atoms with Crippen LogP contribution in [0, 0.1) is 6.92 Å². The lowest BCUT2D eigenvalue weighted by Gasteiger charge is -2.13. The highest BCUT2D eigenvalue weighted by molar-refractivity contribution is 5.93. The number of furan rings is 1. The fourth-order valence-corrected chi connectivity index (χ4v) is 1.56. The number of carboxylic acids is 1. The highest BCUT2D eigenvalue weighted by Gasteiger charge is 2.19. The van der Waals surface area contributed by atoms with Gasteiger partial charge in [0.1, 0.15) is 11.5 Å². The van der Waals surface area contributed by atoms with Gasteiger partial charge in [0.05, 0.1) is 6.54 Å². The zero-order valence-electron chi connectivity index (χ0n) is 10.4. The number of carbonyl (C=O) groups is 2. The number of rotatable bonds is 4. The Morgan fingerprint density at radius 1 is 1.37 bits per heavy atom. The van der Waals surface area contributed by atoms with Crippen LogP contribution in [-0.4, -0.2) is 34.1 Å². The van der Waals surface area contributed by atoms with Crippen molar-refractivity contribution in [3.05, 3.63) is 41.2 Å². The molecule has 1 N–H and O–H groups in total. The molecule has 0 radical (unpaired) electrons. The molecule has 0 bridgehead atoms. The summed E-state index contributed by atoms with van der Waals surface area (Å²) < 4.78 is 9.83. The van der Waals surface area contributed by atoms with Gasteiger partial charge in [-0.2, -0.15) is 0 Å². The third-order valence-electron chi connectivity index (χ3n) is 2.45. The molecule has 2 heterocycles. The molecule has 0 aliphatic rings. The van der Waals surface area contributed by atoms with Crippen LogP contribution in [0.3, 0.4) is 0 Å². The maximum absolute atomic E-state index is 12.0.